The van der Waals surface area contributed by atoms with Crippen molar-refractivity contribution in [1.29, 1.82) is 0 Å². The average molecular weight is 432 g/mol. The number of rotatable bonds is 4. The van der Waals surface area contributed by atoms with E-state index in [4.69, 9.17) is 21.1 Å². The molecule has 0 aliphatic heterocycles. The normalized spacial score (nSPS) is 10.2. The number of halogens is 2. The van der Waals surface area contributed by atoms with Gasteiger partial charge in [-0.1, -0.05) is 23.7 Å². The topological polar surface area (TPSA) is 47.6 Å². The van der Waals surface area contributed by atoms with Crippen LogP contribution in [-0.2, 0) is 0 Å². The second kappa shape index (κ2) is 7.19. The summed E-state index contributed by atoms with van der Waals surface area (Å²) in [6.45, 7) is 1.89. The minimum atomic E-state index is -0.255. The zero-order valence-electron chi connectivity index (χ0n) is 12.4. The van der Waals surface area contributed by atoms with E-state index >= 15 is 0 Å². The van der Waals surface area contributed by atoms with Gasteiger partial charge in [0.25, 0.3) is 5.91 Å². The van der Waals surface area contributed by atoms with Crippen LogP contribution in [0.1, 0.15) is 15.9 Å². The minimum Gasteiger partial charge on any atom is -0.493 e. The van der Waals surface area contributed by atoms with E-state index in [0.29, 0.717) is 27.8 Å². The highest BCUT2D eigenvalue weighted by Gasteiger charge is 2.16. The summed E-state index contributed by atoms with van der Waals surface area (Å²) in [6.07, 6.45) is 0. The fourth-order valence-electron chi connectivity index (χ4n) is 2.02. The van der Waals surface area contributed by atoms with Crippen LogP contribution in [0, 0.1) is 10.5 Å². The zero-order valence-corrected chi connectivity index (χ0v) is 15.3. The molecule has 2 aromatic carbocycles. The summed E-state index contributed by atoms with van der Waals surface area (Å²) in [5.74, 6) is 0.860. The van der Waals surface area contributed by atoms with Crippen LogP contribution >= 0.6 is 34.2 Å². The maximum atomic E-state index is 12.5. The first-order chi connectivity index (χ1) is 10.5. The second-order valence-electron chi connectivity index (χ2n) is 4.58. The van der Waals surface area contributed by atoms with Crippen molar-refractivity contribution in [3.8, 4) is 11.5 Å². The number of para-hydroxylation sites is 1. The molecule has 4 nitrogen and oxygen atoms in total. The van der Waals surface area contributed by atoms with Gasteiger partial charge in [-0.15, -0.1) is 0 Å². The molecule has 0 aliphatic carbocycles. The molecule has 1 amide bonds. The van der Waals surface area contributed by atoms with Crippen molar-refractivity contribution in [2.75, 3.05) is 19.5 Å². The molecule has 0 bridgehead atoms. The molecule has 0 heterocycles. The highest BCUT2D eigenvalue weighted by molar-refractivity contribution is 14.1. The van der Waals surface area contributed by atoms with Crippen molar-refractivity contribution in [3.63, 3.8) is 0 Å². The Bertz CT molecular complexity index is 699. The Balaban J connectivity index is 2.36. The first kappa shape index (κ1) is 16.9. The van der Waals surface area contributed by atoms with Crippen molar-refractivity contribution < 1.29 is 14.3 Å². The number of amides is 1. The van der Waals surface area contributed by atoms with Crippen LogP contribution in [0.3, 0.4) is 0 Å². The molecule has 6 heteroatoms. The van der Waals surface area contributed by atoms with Gasteiger partial charge in [-0.05, 0) is 53.3 Å². The molecule has 0 saturated carbocycles. The van der Waals surface area contributed by atoms with Crippen molar-refractivity contribution in [1.82, 2.24) is 0 Å². The van der Waals surface area contributed by atoms with E-state index in [2.05, 4.69) is 27.9 Å². The zero-order chi connectivity index (χ0) is 16.3. The molecule has 116 valence electrons. The predicted octanol–water partition coefficient (Wildman–Crippen LogP) is 4.52. The highest BCUT2D eigenvalue weighted by atomic mass is 127. The smallest absolute Gasteiger partial charge is 0.255 e. The molecular formula is C16H15ClINO3. The van der Waals surface area contributed by atoms with Crippen LogP contribution in [0.4, 0.5) is 5.69 Å². The number of hydrogen-bond acceptors (Lipinski definition) is 3. The lowest BCUT2D eigenvalue weighted by Crippen LogP contribution is -2.14. The summed E-state index contributed by atoms with van der Waals surface area (Å²) >= 11 is 8.24. The number of nitrogens with one attached hydrogen (secondary N) is 1. The first-order valence-corrected chi connectivity index (χ1v) is 7.91. The van der Waals surface area contributed by atoms with E-state index in [1.54, 1.807) is 25.3 Å². The van der Waals surface area contributed by atoms with Gasteiger partial charge in [0, 0.05) is 5.56 Å². The standard InChI is InChI=1S/C16H15ClINO3/c1-9-5-4-6-11(17)14(9)19-16(20)10-7-12(18)15(22-3)13(8-10)21-2/h4-8H,1-3H3,(H,19,20). The molecule has 22 heavy (non-hydrogen) atoms. The van der Waals surface area contributed by atoms with Crippen LogP contribution in [-0.4, -0.2) is 20.1 Å². The van der Waals surface area contributed by atoms with E-state index in [-0.39, 0.29) is 5.91 Å². The molecule has 0 aliphatic rings. The van der Waals surface area contributed by atoms with Gasteiger partial charge in [-0.2, -0.15) is 0 Å². The maximum absolute atomic E-state index is 12.5. The summed E-state index contributed by atoms with van der Waals surface area (Å²) in [4.78, 5) is 12.5. The third kappa shape index (κ3) is 3.47. The lowest BCUT2D eigenvalue weighted by molar-refractivity contribution is 0.102. The van der Waals surface area contributed by atoms with E-state index in [0.717, 1.165) is 9.13 Å². The Labute approximate surface area is 147 Å². The fourth-order valence-corrected chi connectivity index (χ4v) is 3.12. The lowest BCUT2D eigenvalue weighted by atomic mass is 10.1. The summed E-state index contributed by atoms with van der Waals surface area (Å²) in [6, 6.07) is 8.85. The monoisotopic (exact) mass is 431 g/mol. The van der Waals surface area contributed by atoms with Crippen molar-refractivity contribution >= 4 is 45.8 Å². The van der Waals surface area contributed by atoms with Crippen LogP contribution in [0.2, 0.25) is 5.02 Å². The van der Waals surface area contributed by atoms with Crippen molar-refractivity contribution in [2.24, 2.45) is 0 Å². The van der Waals surface area contributed by atoms with Crippen LogP contribution < -0.4 is 14.8 Å². The van der Waals surface area contributed by atoms with E-state index < -0.39 is 0 Å². The number of ether oxygens (including phenoxy) is 2. The van der Waals surface area contributed by atoms with Crippen molar-refractivity contribution in [2.45, 2.75) is 6.92 Å². The fraction of sp³-hybridized carbons (Fsp3) is 0.188. The Kier molecular flexibility index (Phi) is 5.52. The van der Waals surface area contributed by atoms with Gasteiger partial charge in [0.2, 0.25) is 0 Å². The number of benzene rings is 2. The largest absolute Gasteiger partial charge is 0.493 e. The third-order valence-corrected chi connectivity index (χ3v) is 4.27. The van der Waals surface area contributed by atoms with E-state index in [9.17, 15) is 4.79 Å². The Morgan fingerprint density at radius 3 is 2.55 bits per heavy atom. The van der Waals surface area contributed by atoms with Gasteiger partial charge in [0.1, 0.15) is 0 Å². The highest BCUT2D eigenvalue weighted by Crippen LogP contribution is 2.34. The number of carbonyl (C=O) groups excluding carboxylic acids is 1. The molecule has 0 spiro atoms. The Morgan fingerprint density at radius 2 is 1.95 bits per heavy atom. The number of methoxy groups -OCH3 is 2. The van der Waals surface area contributed by atoms with Gasteiger partial charge in [-0.25, -0.2) is 0 Å². The summed E-state index contributed by atoms with van der Waals surface area (Å²) in [7, 11) is 3.10. The molecule has 2 rings (SSSR count). The molecular weight excluding hydrogens is 417 g/mol. The second-order valence-corrected chi connectivity index (χ2v) is 6.15. The van der Waals surface area contributed by atoms with Gasteiger partial charge in [0.05, 0.1) is 28.5 Å². The van der Waals surface area contributed by atoms with Gasteiger partial charge in [0.15, 0.2) is 11.5 Å². The number of aryl methyl sites for hydroxylation is 1. The molecule has 0 saturated heterocycles. The van der Waals surface area contributed by atoms with Crippen LogP contribution in [0.15, 0.2) is 30.3 Å². The SMILES string of the molecule is COc1cc(C(=O)Nc2c(C)cccc2Cl)cc(I)c1OC. The lowest BCUT2D eigenvalue weighted by Gasteiger charge is -2.13. The quantitative estimate of drug-likeness (QED) is 0.724. The molecule has 1 N–H and O–H groups in total. The van der Waals surface area contributed by atoms with Crippen LogP contribution in [0.25, 0.3) is 0 Å². The Morgan fingerprint density at radius 1 is 1.23 bits per heavy atom. The van der Waals surface area contributed by atoms with Gasteiger partial charge in [-0.3, -0.25) is 4.79 Å². The number of anilines is 1. The predicted molar refractivity (Wildman–Crippen MR) is 96.4 cm³/mol. The molecule has 0 atom stereocenters. The molecule has 0 fully saturated rings. The third-order valence-electron chi connectivity index (χ3n) is 3.16. The first-order valence-electron chi connectivity index (χ1n) is 6.46. The van der Waals surface area contributed by atoms with E-state index in [1.807, 2.05) is 19.1 Å². The van der Waals surface area contributed by atoms with E-state index in [1.165, 1.54) is 7.11 Å². The molecule has 0 aromatic heterocycles. The number of hydrogen-bond donors (Lipinski definition) is 1. The van der Waals surface area contributed by atoms with Crippen LogP contribution in [0.5, 0.6) is 11.5 Å². The molecule has 0 radical (unpaired) electrons. The van der Waals surface area contributed by atoms with Gasteiger partial charge < -0.3 is 14.8 Å². The maximum Gasteiger partial charge on any atom is 0.255 e. The molecule has 2 aromatic rings. The summed E-state index contributed by atoms with van der Waals surface area (Å²) < 4.78 is 11.3. The molecule has 0 unspecified atom stereocenters. The summed E-state index contributed by atoms with van der Waals surface area (Å²) in [5.41, 5.74) is 1.98. The Hall–Kier alpha value is -1.47. The van der Waals surface area contributed by atoms with Crippen molar-refractivity contribution in [3.05, 3.63) is 50.1 Å². The summed E-state index contributed by atoms with van der Waals surface area (Å²) in [5, 5.41) is 3.34. The van der Waals surface area contributed by atoms with Gasteiger partial charge >= 0.3 is 0 Å². The minimum absolute atomic E-state index is 0.255. The average Bonchev–Trinajstić information content (AvgIpc) is 2.49. The number of carbonyl (C=O) groups is 1.